The quantitative estimate of drug-likeness (QED) is 0.838. The van der Waals surface area contributed by atoms with Gasteiger partial charge in [0.1, 0.15) is 11.3 Å². The summed E-state index contributed by atoms with van der Waals surface area (Å²) in [5.41, 5.74) is 6.42. The number of rotatable bonds is 7. The van der Waals surface area contributed by atoms with Gasteiger partial charge in [-0.15, -0.1) is 0 Å². The maximum Gasteiger partial charge on any atom is 0.231 e. The maximum atomic E-state index is 6.15. The molecule has 0 saturated heterocycles. The van der Waals surface area contributed by atoms with Crippen molar-refractivity contribution in [3.8, 4) is 5.75 Å². The average molecular weight is 291 g/mol. The summed E-state index contributed by atoms with van der Waals surface area (Å²) in [4.78, 5) is 4.36. The highest BCUT2D eigenvalue weighted by molar-refractivity contribution is 5.29. The summed E-state index contributed by atoms with van der Waals surface area (Å²) in [6, 6.07) is 7.73. The number of hydrogen-bond donors (Lipinski definition) is 1. The van der Waals surface area contributed by atoms with Crippen molar-refractivity contribution < 1.29 is 14.0 Å². The number of hydrogen-bond acceptors (Lipinski definition) is 6. The Morgan fingerprint density at radius 2 is 2.19 bits per heavy atom. The predicted molar refractivity (Wildman–Crippen MR) is 78.1 cm³/mol. The Morgan fingerprint density at radius 1 is 1.38 bits per heavy atom. The molecule has 1 atom stereocenters. The first kappa shape index (κ1) is 15.5. The SMILES string of the molecule is CCOCC(C)(N)c1noc(Cc2cccc(OC)c2)n1. The molecular formula is C15H21N3O3. The minimum absolute atomic E-state index is 0.349. The Balaban J connectivity index is 2.09. The van der Waals surface area contributed by atoms with E-state index in [9.17, 15) is 0 Å². The minimum Gasteiger partial charge on any atom is -0.497 e. The highest BCUT2D eigenvalue weighted by atomic mass is 16.5. The van der Waals surface area contributed by atoms with Crippen molar-refractivity contribution in [2.75, 3.05) is 20.3 Å². The maximum absolute atomic E-state index is 6.15. The van der Waals surface area contributed by atoms with Crippen molar-refractivity contribution in [3.63, 3.8) is 0 Å². The van der Waals surface area contributed by atoms with Gasteiger partial charge in [-0.25, -0.2) is 0 Å². The van der Waals surface area contributed by atoms with Crippen molar-refractivity contribution in [1.82, 2.24) is 10.1 Å². The molecule has 0 bridgehead atoms. The summed E-state index contributed by atoms with van der Waals surface area (Å²) >= 11 is 0. The Bertz CT molecular complexity index is 581. The molecule has 0 saturated carbocycles. The van der Waals surface area contributed by atoms with E-state index in [0.29, 0.717) is 31.3 Å². The van der Waals surface area contributed by atoms with Gasteiger partial charge in [0, 0.05) is 6.61 Å². The summed E-state index contributed by atoms with van der Waals surface area (Å²) in [6.07, 6.45) is 0.537. The summed E-state index contributed by atoms with van der Waals surface area (Å²) in [5.74, 6) is 1.77. The Kier molecular flexibility index (Phi) is 4.93. The Labute approximate surface area is 124 Å². The predicted octanol–water partition coefficient (Wildman–Crippen LogP) is 1.88. The summed E-state index contributed by atoms with van der Waals surface area (Å²) < 4.78 is 15.8. The van der Waals surface area contributed by atoms with Crippen LogP contribution in [-0.2, 0) is 16.7 Å². The van der Waals surface area contributed by atoms with E-state index in [2.05, 4.69) is 10.1 Å². The van der Waals surface area contributed by atoms with Gasteiger partial charge >= 0.3 is 0 Å². The molecule has 1 aromatic heterocycles. The van der Waals surface area contributed by atoms with Crippen LogP contribution in [0.2, 0.25) is 0 Å². The third kappa shape index (κ3) is 4.03. The molecular weight excluding hydrogens is 270 g/mol. The van der Waals surface area contributed by atoms with E-state index in [0.717, 1.165) is 11.3 Å². The van der Waals surface area contributed by atoms with Gasteiger partial charge in [-0.3, -0.25) is 0 Å². The largest absolute Gasteiger partial charge is 0.497 e. The summed E-state index contributed by atoms with van der Waals surface area (Å²) in [6.45, 7) is 4.69. The second-order valence-corrected chi connectivity index (χ2v) is 5.09. The van der Waals surface area contributed by atoms with Gasteiger partial charge < -0.3 is 19.7 Å². The number of aromatic nitrogens is 2. The highest BCUT2D eigenvalue weighted by Crippen LogP contribution is 2.18. The van der Waals surface area contributed by atoms with Crippen molar-refractivity contribution >= 4 is 0 Å². The molecule has 114 valence electrons. The van der Waals surface area contributed by atoms with E-state index in [1.54, 1.807) is 7.11 Å². The van der Waals surface area contributed by atoms with Crippen LogP contribution in [0, 0.1) is 0 Å². The molecule has 2 aromatic rings. The second-order valence-electron chi connectivity index (χ2n) is 5.09. The van der Waals surface area contributed by atoms with E-state index in [4.69, 9.17) is 19.7 Å². The topological polar surface area (TPSA) is 83.4 Å². The lowest BCUT2D eigenvalue weighted by Gasteiger charge is -2.19. The summed E-state index contributed by atoms with van der Waals surface area (Å²) in [5, 5.41) is 3.96. The molecule has 0 radical (unpaired) electrons. The first-order valence-electron chi connectivity index (χ1n) is 6.88. The van der Waals surface area contributed by atoms with Crippen molar-refractivity contribution in [2.24, 2.45) is 5.73 Å². The van der Waals surface area contributed by atoms with Gasteiger partial charge in [0.25, 0.3) is 0 Å². The molecule has 0 amide bonds. The van der Waals surface area contributed by atoms with E-state index in [1.807, 2.05) is 38.1 Å². The normalized spacial score (nSPS) is 13.9. The molecule has 0 aliphatic carbocycles. The molecule has 1 heterocycles. The monoisotopic (exact) mass is 291 g/mol. The number of nitrogens with two attached hydrogens (primary N) is 1. The van der Waals surface area contributed by atoms with E-state index in [-0.39, 0.29) is 0 Å². The average Bonchev–Trinajstić information content (AvgIpc) is 2.95. The van der Waals surface area contributed by atoms with Gasteiger partial charge in [0.2, 0.25) is 5.89 Å². The lowest BCUT2D eigenvalue weighted by molar-refractivity contribution is 0.0962. The van der Waals surface area contributed by atoms with Crippen LogP contribution in [0.5, 0.6) is 5.75 Å². The number of ether oxygens (including phenoxy) is 2. The smallest absolute Gasteiger partial charge is 0.231 e. The molecule has 0 aliphatic heterocycles. The van der Waals surface area contributed by atoms with Gasteiger partial charge in [-0.1, -0.05) is 17.3 Å². The third-order valence-electron chi connectivity index (χ3n) is 3.07. The van der Waals surface area contributed by atoms with Crippen LogP contribution in [0.15, 0.2) is 28.8 Å². The fourth-order valence-electron chi connectivity index (χ4n) is 1.89. The van der Waals surface area contributed by atoms with E-state index >= 15 is 0 Å². The third-order valence-corrected chi connectivity index (χ3v) is 3.07. The van der Waals surface area contributed by atoms with Gasteiger partial charge in [0.15, 0.2) is 5.82 Å². The number of nitrogens with zero attached hydrogens (tertiary/aromatic N) is 2. The molecule has 21 heavy (non-hydrogen) atoms. The zero-order chi connectivity index (χ0) is 15.3. The fraction of sp³-hybridized carbons (Fsp3) is 0.467. The van der Waals surface area contributed by atoms with Crippen LogP contribution >= 0.6 is 0 Å². The van der Waals surface area contributed by atoms with E-state index < -0.39 is 5.54 Å². The van der Waals surface area contributed by atoms with Crippen LogP contribution in [0.4, 0.5) is 0 Å². The van der Waals surface area contributed by atoms with Crippen LogP contribution < -0.4 is 10.5 Å². The zero-order valence-electron chi connectivity index (χ0n) is 12.6. The van der Waals surface area contributed by atoms with E-state index in [1.165, 1.54) is 0 Å². The van der Waals surface area contributed by atoms with Crippen LogP contribution in [0.1, 0.15) is 31.1 Å². The molecule has 1 aromatic carbocycles. The number of benzene rings is 1. The Hall–Kier alpha value is -1.92. The summed E-state index contributed by atoms with van der Waals surface area (Å²) in [7, 11) is 1.64. The molecule has 2 N–H and O–H groups in total. The molecule has 1 unspecified atom stereocenters. The highest BCUT2D eigenvalue weighted by Gasteiger charge is 2.27. The van der Waals surface area contributed by atoms with Crippen molar-refractivity contribution in [1.29, 1.82) is 0 Å². The molecule has 0 fully saturated rings. The van der Waals surface area contributed by atoms with Gasteiger partial charge in [-0.2, -0.15) is 4.98 Å². The Morgan fingerprint density at radius 3 is 2.90 bits per heavy atom. The van der Waals surface area contributed by atoms with Gasteiger partial charge in [0.05, 0.1) is 20.1 Å². The first-order valence-corrected chi connectivity index (χ1v) is 6.88. The molecule has 6 nitrogen and oxygen atoms in total. The molecule has 6 heteroatoms. The first-order chi connectivity index (χ1) is 10.0. The van der Waals surface area contributed by atoms with Gasteiger partial charge in [-0.05, 0) is 31.5 Å². The second kappa shape index (κ2) is 6.69. The molecule has 0 spiro atoms. The lowest BCUT2D eigenvalue weighted by atomic mass is 10.1. The van der Waals surface area contributed by atoms with Crippen LogP contribution in [-0.4, -0.2) is 30.5 Å². The van der Waals surface area contributed by atoms with Crippen molar-refractivity contribution in [2.45, 2.75) is 25.8 Å². The fourth-order valence-corrected chi connectivity index (χ4v) is 1.89. The standard InChI is InChI=1S/C15H21N3O3/c1-4-20-10-15(2,16)14-17-13(21-18-14)9-11-6-5-7-12(8-11)19-3/h5-8H,4,9-10,16H2,1-3H3. The number of methoxy groups -OCH3 is 1. The molecule has 2 rings (SSSR count). The minimum atomic E-state index is -0.758. The lowest BCUT2D eigenvalue weighted by Crippen LogP contribution is -2.39. The zero-order valence-corrected chi connectivity index (χ0v) is 12.6. The van der Waals surface area contributed by atoms with Crippen molar-refractivity contribution in [3.05, 3.63) is 41.5 Å². The van der Waals surface area contributed by atoms with Crippen LogP contribution in [0.3, 0.4) is 0 Å². The molecule has 0 aliphatic rings. The van der Waals surface area contributed by atoms with Crippen LogP contribution in [0.25, 0.3) is 0 Å².